The molecule has 0 aromatic heterocycles. The summed E-state index contributed by atoms with van der Waals surface area (Å²) in [5.74, 6) is 0. The zero-order chi connectivity index (χ0) is 8.69. The van der Waals surface area contributed by atoms with Crippen molar-refractivity contribution in [1.82, 2.24) is 0 Å². The summed E-state index contributed by atoms with van der Waals surface area (Å²) in [4.78, 5) is 8.36. The molecule has 11 heavy (non-hydrogen) atoms. The van der Waals surface area contributed by atoms with E-state index in [1.807, 2.05) is 0 Å². The minimum atomic E-state index is -1.50. The van der Waals surface area contributed by atoms with E-state index in [9.17, 15) is 0 Å². The minimum Gasteiger partial charge on any atom is -0.394 e. The lowest BCUT2D eigenvalue weighted by Gasteiger charge is -1.97. The summed E-state index contributed by atoms with van der Waals surface area (Å²) in [5.41, 5.74) is 0. The van der Waals surface area contributed by atoms with Crippen LogP contribution in [0.4, 0.5) is 0 Å². The maximum atomic E-state index is 8.36. The van der Waals surface area contributed by atoms with E-state index in [1.165, 1.54) is 0 Å². The van der Waals surface area contributed by atoms with E-state index < -0.39 is 5.09 Å². The highest BCUT2D eigenvalue weighted by Crippen LogP contribution is 1.99. The molecule has 1 unspecified atom stereocenters. The van der Waals surface area contributed by atoms with Crippen molar-refractivity contribution >= 4 is 0 Å². The van der Waals surface area contributed by atoms with Crippen LogP contribution in [0.25, 0.3) is 0 Å². The van der Waals surface area contributed by atoms with Crippen molar-refractivity contribution in [2.75, 3.05) is 20.0 Å². The Balaban J connectivity index is 0.000000218. The molecule has 0 saturated carbocycles. The highest BCUT2D eigenvalue weighted by molar-refractivity contribution is 4.55. The standard InChI is InChI=1S/C4H8O3.HNO3/c5-1-4-2-6-3-7-4;2-1(3)4/h4-5H,1-3H2;(H,2,3,4). The highest BCUT2D eigenvalue weighted by atomic mass is 16.9. The molecular weight excluding hydrogens is 158 g/mol. The summed E-state index contributed by atoms with van der Waals surface area (Å²) < 4.78 is 9.60. The normalized spacial score (nSPS) is 22.1. The summed E-state index contributed by atoms with van der Waals surface area (Å²) in [6.07, 6.45) is -0.0694. The van der Waals surface area contributed by atoms with Gasteiger partial charge in [0.2, 0.25) is 0 Å². The summed E-state index contributed by atoms with van der Waals surface area (Å²) in [5, 5.41) is 22.0. The van der Waals surface area contributed by atoms with Gasteiger partial charge in [-0.2, -0.15) is 0 Å². The third-order valence-corrected chi connectivity index (χ3v) is 0.894. The van der Waals surface area contributed by atoms with Gasteiger partial charge in [0.25, 0.3) is 5.09 Å². The number of ether oxygens (including phenoxy) is 2. The topological polar surface area (TPSA) is 102 Å². The van der Waals surface area contributed by atoms with Crippen molar-refractivity contribution in [2.45, 2.75) is 6.10 Å². The van der Waals surface area contributed by atoms with Crippen LogP contribution >= 0.6 is 0 Å². The van der Waals surface area contributed by atoms with Crippen molar-refractivity contribution in [3.8, 4) is 0 Å². The highest BCUT2D eigenvalue weighted by Gasteiger charge is 2.13. The molecule has 1 fully saturated rings. The SMILES string of the molecule is O=[N+]([O-])O.OCC1COCO1. The molecule has 7 heteroatoms. The summed E-state index contributed by atoms with van der Waals surface area (Å²) in [6.45, 7) is 0.946. The molecule has 1 saturated heterocycles. The maximum absolute atomic E-state index is 8.36. The summed E-state index contributed by atoms with van der Waals surface area (Å²) >= 11 is 0. The molecule has 7 nitrogen and oxygen atoms in total. The van der Waals surface area contributed by atoms with Crippen molar-refractivity contribution in [2.24, 2.45) is 0 Å². The van der Waals surface area contributed by atoms with Crippen molar-refractivity contribution in [3.05, 3.63) is 10.1 Å². The predicted octanol–water partition coefficient (Wildman–Crippen LogP) is -0.996. The molecular formula is C4H9NO6. The van der Waals surface area contributed by atoms with E-state index in [-0.39, 0.29) is 12.7 Å². The fourth-order valence-corrected chi connectivity index (χ4v) is 0.477. The largest absolute Gasteiger partial charge is 0.394 e. The average molecular weight is 167 g/mol. The minimum absolute atomic E-state index is 0.0694. The molecule has 1 atom stereocenters. The number of aliphatic hydroxyl groups is 1. The van der Waals surface area contributed by atoms with Crippen molar-refractivity contribution in [3.63, 3.8) is 0 Å². The van der Waals surface area contributed by atoms with Crippen LogP contribution in [0.2, 0.25) is 0 Å². The van der Waals surface area contributed by atoms with Gasteiger partial charge >= 0.3 is 0 Å². The molecule has 1 aliphatic heterocycles. The first-order valence-corrected chi connectivity index (χ1v) is 2.80. The Morgan fingerprint density at radius 3 is 2.45 bits per heavy atom. The first-order chi connectivity index (χ1) is 5.16. The molecule has 1 aliphatic rings. The molecule has 0 radical (unpaired) electrons. The molecule has 0 aromatic carbocycles. The van der Waals surface area contributed by atoms with Crippen LogP contribution in [-0.4, -0.2) is 41.5 Å². The summed E-state index contributed by atoms with van der Waals surface area (Å²) in [6, 6.07) is 0. The van der Waals surface area contributed by atoms with Gasteiger partial charge in [-0.3, -0.25) is 0 Å². The number of rotatable bonds is 1. The molecule has 66 valence electrons. The molecule has 0 bridgehead atoms. The van der Waals surface area contributed by atoms with E-state index in [4.69, 9.17) is 29.9 Å². The van der Waals surface area contributed by atoms with Crippen LogP contribution in [0.3, 0.4) is 0 Å². The predicted molar refractivity (Wildman–Crippen MR) is 31.6 cm³/mol. The molecule has 1 heterocycles. The third-order valence-electron chi connectivity index (χ3n) is 0.894. The first-order valence-electron chi connectivity index (χ1n) is 2.80. The Labute approximate surface area is 62.3 Å². The van der Waals surface area contributed by atoms with E-state index >= 15 is 0 Å². The second-order valence-corrected chi connectivity index (χ2v) is 1.70. The molecule has 1 rings (SSSR count). The summed E-state index contributed by atoms with van der Waals surface area (Å²) in [7, 11) is 0. The van der Waals surface area contributed by atoms with E-state index in [2.05, 4.69) is 0 Å². The van der Waals surface area contributed by atoms with E-state index in [1.54, 1.807) is 0 Å². The van der Waals surface area contributed by atoms with E-state index in [0.29, 0.717) is 13.4 Å². The van der Waals surface area contributed by atoms with Crippen LogP contribution in [0, 0.1) is 10.1 Å². The second kappa shape index (κ2) is 5.83. The van der Waals surface area contributed by atoms with Crippen LogP contribution in [0.5, 0.6) is 0 Å². The van der Waals surface area contributed by atoms with E-state index in [0.717, 1.165) is 0 Å². The van der Waals surface area contributed by atoms with Gasteiger partial charge in [0.15, 0.2) is 0 Å². The Morgan fingerprint density at radius 1 is 1.73 bits per heavy atom. The van der Waals surface area contributed by atoms with Crippen LogP contribution in [0.15, 0.2) is 0 Å². The number of hydrogen-bond acceptors (Lipinski definition) is 5. The molecule has 0 aromatic rings. The number of hydrogen-bond donors (Lipinski definition) is 2. The zero-order valence-corrected chi connectivity index (χ0v) is 5.67. The average Bonchev–Trinajstić information content (AvgIpc) is 2.36. The first kappa shape index (κ1) is 10.1. The van der Waals surface area contributed by atoms with Crippen LogP contribution in [0.1, 0.15) is 0 Å². The smallest absolute Gasteiger partial charge is 0.291 e. The van der Waals surface area contributed by atoms with Crippen LogP contribution in [-0.2, 0) is 9.47 Å². The Kier molecular flexibility index (Phi) is 5.35. The molecule has 0 amide bonds. The van der Waals surface area contributed by atoms with Crippen LogP contribution < -0.4 is 0 Å². The van der Waals surface area contributed by atoms with Gasteiger partial charge < -0.3 is 19.8 Å². The lowest BCUT2D eigenvalue weighted by molar-refractivity contribution is -0.742. The van der Waals surface area contributed by atoms with Gasteiger partial charge in [-0.05, 0) is 0 Å². The number of nitrogens with zero attached hydrogens (tertiary/aromatic N) is 1. The Bertz CT molecular complexity index is 107. The van der Waals surface area contributed by atoms with Gasteiger partial charge in [0.05, 0.1) is 13.2 Å². The Hall–Kier alpha value is -0.920. The van der Waals surface area contributed by atoms with Gasteiger partial charge in [-0.15, -0.1) is 10.1 Å². The van der Waals surface area contributed by atoms with Crippen molar-refractivity contribution in [1.29, 1.82) is 0 Å². The zero-order valence-electron chi connectivity index (χ0n) is 5.67. The lowest BCUT2D eigenvalue weighted by Crippen LogP contribution is -2.13. The van der Waals surface area contributed by atoms with Crippen molar-refractivity contribution < 1.29 is 24.9 Å². The lowest BCUT2D eigenvalue weighted by atomic mass is 10.4. The van der Waals surface area contributed by atoms with Gasteiger partial charge in [-0.25, -0.2) is 0 Å². The van der Waals surface area contributed by atoms with Gasteiger partial charge in [0, 0.05) is 0 Å². The van der Waals surface area contributed by atoms with Gasteiger partial charge in [0.1, 0.15) is 12.9 Å². The molecule has 0 aliphatic carbocycles. The molecule has 2 N–H and O–H groups in total. The monoisotopic (exact) mass is 167 g/mol. The fourth-order valence-electron chi connectivity index (χ4n) is 0.477. The maximum Gasteiger partial charge on any atom is 0.291 e. The van der Waals surface area contributed by atoms with Gasteiger partial charge in [-0.1, -0.05) is 0 Å². The fraction of sp³-hybridized carbons (Fsp3) is 1.00. The second-order valence-electron chi connectivity index (χ2n) is 1.70. The quantitative estimate of drug-likeness (QED) is 0.383. The molecule has 0 spiro atoms. The Morgan fingerprint density at radius 2 is 2.27 bits per heavy atom. The number of aliphatic hydroxyl groups excluding tert-OH is 1. The third kappa shape index (κ3) is 6.97.